The third kappa shape index (κ3) is 8.94. The van der Waals surface area contributed by atoms with Gasteiger partial charge in [0.05, 0.1) is 54.6 Å². The summed E-state index contributed by atoms with van der Waals surface area (Å²) in [5, 5.41) is 16.4. The predicted octanol–water partition coefficient (Wildman–Crippen LogP) is 6.60. The Balaban J connectivity index is 0.935. The average molecular weight is 870 g/mol. The maximum absolute atomic E-state index is 13.9. The van der Waals surface area contributed by atoms with Crippen LogP contribution in [0.25, 0.3) is 16.6 Å². The van der Waals surface area contributed by atoms with Gasteiger partial charge in [-0.05, 0) is 78.9 Å². The summed E-state index contributed by atoms with van der Waals surface area (Å²) in [6.45, 7) is 6.35. The number of ether oxygens (including phenoxy) is 4. The zero-order valence-corrected chi connectivity index (χ0v) is 34.7. The Kier molecular flexibility index (Phi) is 11.4. The second kappa shape index (κ2) is 17.1. The third-order valence-electron chi connectivity index (χ3n) is 11.7. The molecule has 318 valence electrons. The minimum absolute atomic E-state index is 0.0389. The Hall–Kier alpha value is -5.56. The van der Waals surface area contributed by atoms with Gasteiger partial charge >= 0.3 is 0 Å². The molecule has 16 nitrogen and oxygen atoms in total. The van der Waals surface area contributed by atoms with E-state index < -0.39 is 37.7 Å². The highest BCUT2D eigenvalue weighted by atomic mass is 35.5. The highest BCUT2D eigenvalue weighted by Crippen LogP contribution is 2.48. The molecule has 1 unspecified atom stereocenters. The van der Waals surface area contributed by atoms with E-state index in [4.69, 9.17) is 30.5 Å². The van der Waals surface area contributed by atoms with Crippen molar-refractivity contribution in [1.82, 2.24) is 19.6 Å². The van der Waals surface area contributed by atoms with Crippen molar-refractivity contribution in [2.75, 3.05) is 76.0 Å². The number of fused-ring (bicyclic) bond motifs is 1. The molecule has 3 N–H and O–H groups in total. The number of benzene rings is 3. The van der Waals surface area contributed by atoms with Crippen LogP contribution in [0.5, 0.6) is 11.5 Å². The van der Waals surface area contributed by atoms with E-state index in [2.05, 4.69) is 41.9 Å². The molecular formula is C43H44ClN7O9S. The van der Waals surface area contributed by atoms with E-state index in [0.29, 0.717) is 37.7 Å². The van der Waals surface area contributed by atoms with Gasteiger partial charge in [-0.1, -0.05) is 29.3 Å². The molecule has 61 heavy (non-hydrogen) atoms. The summed E-state index contributed by atoms with van der Waals surface area (Å²) in [4.78, 5) is 36.9. The Morgan fingerprint density at radius 3 is 2.57 bits per heavy atom. The SMILES string of the molecule is O=C(NS(=O)(=O)c1ccc(NC2COCCO2)c([N+](=O)[O-])c1)c1ccc(N2CCN(CC3=C(c4ccc(Cl)cc4)CC4(CC3)COC4)CC2)cc1Oc1cnc2[nH]ccc2c1. The van der Waals surface area contributed by atoms with Crippen LogP contribution in [0.1, 0.15) is 35.2 Å². The number of carbonyl (C=O) groups is 1. The highest BCUT2D eigenvalue weighted by Gasteiger charge is 2.42. The van der Waals surface area contributed by atoms with Gasteiger partial charge in [0.15, 0.2) is 6.23 Å². The first kappa shape index (κ1) is 40.8. The Morgan fingerprint density at radius 2 is 1.84 bits per heavy atom. The Bertz CT molecular complexity index is 2600. The van der Waals surface area contributed by atoms with E-state index in [1.165, 1.54) is 41.1 Å². The molecule has 3 fully saturated rings. The quantitative estimate of drug-likeness (QED) is 0.0900. The molecule has 3 aliphatic heterocycles. The van der Waals surface area contributed by atoms with Crippen LogP contribution in [-0.4, -0.2) is 106 Å². The predicted molar refractivity (Wildman–Crippen MR) is 229 cm³/mol. The Morgan fingerprint density at radius 1 is 1.02 bits per heavy atom. The summed E-state index contributed by atoms with van der Waals surface area (Å²) in [5.41, 5.74) is 5.19. The number of nitro groups is 1. The van der Waals surface area contributed by atoms with Gasteiger partial charge in [0.1, 0.15) is 22.8 Å². The van der Waals surface area contributed by atoms with Crippen LogP contribution in [0.3, 0.4) is 0 Å². The van der Waals surface area contributed by atoms with Crippen molar-refractivity contribution in [3.8, 4) is 11.5 Å². The standard InChI is InChI=1S/C43H44ClN7O9S/c44-31-3-1-28(2-4-31)36-22-43(26-58-27-43)11-9-30(36)24-49-13-15-50(16-14-49)32-5-7-35(39(20-32)60-33-19-29-10-12-45-41(29)46-23-33)42(52)48-61(55,56)34-6-8-37(38(21-34)51(53)54)47-40-25-57-17-18-59-40/h1-8,10,12,19-21,23,40,47H,9,11,13-18,22,24-27H2,(H,45,46)(H,48,52). The monoisotopic (exact) mass is 869 g/mol. The number of piperazine rings is 1. The fourth-order valence-electron chi connectivity index (χ4n) is 8.37. The van der Waals surface area contributed by atoms with Gasteiger partial charge in [-0.15, -0.1) is 0 Å². The number of nitro benzene ring substituents is 1. The van der Waals surface area contributed by atoms with Gasteiger partial charge < -0.3 is 34.1 Å². The van der Waals surface area contributed by atoms with Crippen molar-refractivity contribution in [2.45, 2.75) is 30.4 Å². The molecule has 1 atom stereocenters. The maximum atomic E-state index is 13.9. The lowest BCUT2D eigenvalue weighted by Crippen LogP contribution is -2.48. The van der Waals surface area contributed by atoms with Gasteiger partial charge in [-0.3, -0.25) is 19.8 Å². The topological polar surface area (TPSA) is 190 Å². The van der Waals surface area contributed by atoms with E-state index in [9.17, 15) is 23.3 Å². The molecule has 3 aromatic carbocycles. The molecule has 18 heteroatoms. The molecule has 5 heterocycles. The second-order valence-corrected chi connectivity index (χ2v) is 18.0. The lowest BCUT2D eigenvalue weighted by molar-refractivity contribution is -0.384. The first-order chi connectivity index (χ1) is 29.5. The van der Waals surface area contributed by atoms with Crippen molar-refractivity contribution in [2.24, 2.45) is 5.41 Å². The number of carbonyl (C=O) groups excluding carboxylic acids is 1. The number of amides is 1. The van der Waals surface area contributed by atoms with E-state index in [0.717, 1.165) is 74.3 Å². The Labute approximate surface area is 357 Å². The largest absolute Gasteiger partial charge is 0.455 e. The van der Waals surface area contributed by atoms with Crippen LogP contribution < -0.4 is 19.7 Å². The van der Waals surface area contributed by atoms with Crippen molar-refractivity contribution < 1.29 is 37.1 Å². The summed E-state index contributed by atoms with van der Waals surface area (Å²) >= 11 is 6.25. The van der Waals surface area contributed by atoms with Crippen LogP contribution in [0.4, 0.5) is 17.1 Å². The highest BCUT2D eigenvalue weighted by molar-refractivity contribution is 7.90. The summed E-state index contributed by atoms with van der Waals surface area (Å²) in [6.07, 6.45) is 5.75. The number of hydrogen-bond donors (Lipinski definition) is 3. The van der Waals surface area contributed by atoms with Gasteiger partial charge in [-0.25, -0.2) is 18.1 Å². The molecule has 1 aliphatic carbocycles. The number of hydrogen-bond acceptors (Lipinski definition) is 13. The number of sulfonamides is 1. The molecule has 2 aromatic heterocycles. The van der Waals surface area contributed by atoms with Crippen molar-refractivity contribution >= 4 is 61.2 Å². The summed E-state index contributed by atoms with van der Waals surface area (Å²) in [5.74, 6) is -0.532. The number of halogens is 1. The molecule has 4 aliphatic rings. The lowest BCUT2D eigenvalue weighted by atomic mass is 9.69. The summed E-state index contributed by atoms with van der Waals surface area (Å²) in [7, 11) is -4.59. The van der Waals surface area contributed by atoms with Crippen molar-refractivity contribution in [1.29, 1.82) is 0 Å². The van der Waals surface area contributed by atoms with E-state index in [-0.39, 0.29) is 29.0 Å². The number of aromatic amines is 1. The summed E-state index contributed by atoms with van der Waals surface area (Å²) in [6, 6.07) is 20.1. The number of rotatable bonds is 12. The molecule has 1 spiro atoms. The van der Waals surface area contributed by atoms with Crippen LogP contribution in [0.2, 0.25) is 5.02 Å². The molecule has 0 saturated carbocycles. The van der Waals surface area contributed by atoms with Gasteiger partial charge in [-0.2, -0.15) is 0 Å². The van der Waals surface area contributed by atoms with Gasteiger partial charge in [0, 0.05) is 72.6 Å². The molecule has 1 amide bonds. The van der Waals surface area contributed by atoms with Crippen LogP contribution in [-0.2, 0) is 24.2 Å². The van der Waals surface area contributed by atoms with Gasteiger partial charge in [0.25, 0.3) is 21.6 Å². The normalized spacial score (nSPS) is 19.4. The minimum atomic E-state index is -4.59. The minimum Gasteiger partial charge on any atom is -0.455 e. The van der Waals surface area contributed by atoms with E-state index in [1.807, 2.05) is 18.2 Å². The number of nitrogens with zero attached hydrogens (tertiary/aromatic N) is 4. The molecule has 5 aromatic rings. The number of aromatic nitrogens is 2. The number of allylic oxidation sites excluding steroid dienone is 1. The first-order valence-corrected chi connectivity index (χ1v) is 22.0. The number of anilines is 2. The van der Waals surface area contributed by atoms with Gasteiger partial charge in [0.2, 0.25) is 0 Å². The molecule has 9 rings (SSSR count). The smallest absolute Gasteiger partial charge is 0.293 e. The van der Waals surface area contributed by atoms with Crippen molar-refractivity contribution in [3.05, 3.63) is 117 Å². The second-order valence-electron chi connectivity index (χ2n) is 15.8. The number of H-pyrrole nitrogens is 1. The lowest BCUT2D eigenvalue weighted by Gasteiger charge is -2.46. The average Bonchev–Trinajstić information content (AvgIpc) is 3.72. The molecular weight excluding hydrogens is 826 g/mol. The van der Waals surface area contributed by atoms with Crippen LogP contribution >= 0.6 is 11.6 Å². The molecule has 3 saturated heterocycles. The fraction of sp³-hybridized carbons (Fsp3) is 0.349. The molecule has 0 radical (unpaired) electrons. The number of nitrogens with one attached hydrogen (secondary N) is 3. The zero-order valence-electron chi connectivity index (χ0n) is 33.1. The zero-order chi connectivity index (χ0) is 42.1. The fourth-order valence-corrected chi connectivity index (χ4v) is 9.48. The van der Waals surface area contributed by atoms with Crippen LogP contribution in [0.15, 0.2) is 95.7 Å². The first-order valence-electron chi connectivity index (χ1n) is 20.1. The van der Waals surface area contributed by atoms with E-state index >= 15 is 0 Å². The maximum Gasteiger partial charge on any atom is 0.293 e. The third-order valence-corrected chi connectivity index (χ3v) is 13.3. The van der Waals surface area contributed by atoms with Crippen molar-refractivity contribution in [3.63, 3.8) is 0 Å². The van der Waals surface area contributed by atoms with E-state index in [1.54, 1.807) is 24.4 Å². The number of pyridine rings is 1. The van der Waals surface area contributed by atoms with Crippen LogP contribution in [0, 0.1) is 15.5 Å². The summed E-state index contributed by atoms with van der Waals surface area (Å²) < 4.78 is 52.2. The molecule has 0 bridgehead atoms.